The molecule has 4 unspecified atom stereocenters. The molecule has 2 aliphatic rings. The zero-order valence-corrected chi connectivity index (χ0v) is 27.7. The van der Waals surface area contributed by atoms with Gasteiger partial charge in [-0.1, -0.05) is 90.3 Å². The number of pyridine rings is 1. The molecule has 1 aliphatic carbocycles. The van der Waals surface area contributed by atoms with Crippen molar-refractivity contribution in [2.75, 3.05) is 11.5 Å². The van der Waals surface area contributed by atoms with E-state index in [9.17, 15) is 19.2 Å². The maximum Gasteiger partial charge on any atom is 0.339 e. The molecule has 2 amide bonds. The van der Waals surface area contributed by atoms with Gasteiger partial charge in [0.15, 0.2) is 12.4 Å². The summed E-state index contributed by atoms with van der Waals surface area (Å²) in [4.78, 5) is 58.9. The Labute approximate surface area is 273 Å². The SMILES string of the molecule is Cc1cc(Br)cc2c(C(=O)OCC(=O)c3ccccc3)cc(-c3ccc(N4C(=O)C5CC(Br)C(Br)CC5C4=O)cc3)nc12. The van der Waals surface area contributed by atoms with Gasteiger partial charge in [0.05, 0.1) is 34.3 Å². The number of aryl methyl sites for hydroxylation is 1. The van der Waals surface area contributed by atoms with Crippen LogP contribution in [0.4, 0.5) is 5.69 Å². The number of aromatic nitrogens is 1. The fraction of sp³-hybridized carbons (Fsp3) is 0.242. The Morgan fingerprint density at radius 3 is 2.16 bits per heavy atom. The molecular weight excluding hydrogens is 744 g/mol. The van der Waals surface area contributed by atoms with Crippen LogP contribution < -0.4 is 4.90 Å². The fourth-order valence-electron chi connectivity index (χ4n) is 5.82. The molecule has 2 fully saturated rings. The molecule has 7 nitrogen and oxygen atoms in total. The second-order valence-corrected chi connectivity index (χ2v) is 14.1. The minimum absolute atomic E-state index is 0.133. The molecule has 3 aromatic carbocycles. The molecule has 0 radical (unpaired) electrons. The number of carbonyl (C=O) groups excluding carboxylic acids is 4. The van der Waals surface area contributed by atoms with Crippen molar-refractivity contribution in [3.05, 3.63) is 94.0 Å². The third-order valence-electron chi connectivity index (χ3n) is 8.05. The maximum absolute atomic E-state index is 13.4. The van der Waals surface area contributed by atoms with Gasteiger partial charge in [0, 0.05) is 30.6 Å². The summed E-state index contributed by atoms with van der Waals surface area (Å²) in [5.74, 6) is -1.96. The van der Waals surface area contributed by atoms with Crippen LogP contribution in [0.3, 0.4) is 0 Å². The van der Waals surface area contributed by atoms with Gasteiger partial charge in [-0.3, -0.25) is 19.3 Å². The Kier molecular flexibility index (Phi) is 8.37. The van der Waals surface area contributed by atoms with E-state index in [1.54, 1.807) is 60.7 Å². The quantitative estimate of drug-likeness (QED) is 0.0877. The summed E-state index contributed by atoms with van der Waals surface area (Å²) in [6.07, 6.45) is 1.21. The van der Waals surface area contributed by atoms with Gasteiger partial charge in [-0.05, 0) is 55.7 Å². The van der Waals surface area contributed by atoms with Gasteiger partial charge in [0.25, 0.3) is 0 Å². The molecule has 1 saturated heterocycles. The minimum Gasteiger partial charge on any atom is -0.454 e. The van der Waals surface area contributed by atoms with Crippen molar-refractivity contribution in [1.29, 1.82) is 0 Å². The monoisotopic (exact) mass is 766 g/mol. The average molecular weight is 769 g/mol. The highest BCUT2D eigenvalue weighted by Crippen LogP contribution is 2.44. The Morgan fingerprint density at radius 1 is 0.907 bits per heavy atom. The van der Waals surface area contributed by atoms with E-state index in [1.807, 2.05) is 19.1 Å². The first kappa shape index (κ1) is 29.8. The first-order chi connectivity index (χ1) is 20.6. The molecule has 0 N–H and O–H groups in total. The van der Waals surface area contributed by atoms with Crippen molar-refractivity contribution in [3.8, 4) is 11.3 Å². The van der Waals surface area contributed by atoms with E-state index in [-0.39, 0.29) is 44.7 Å². The van der Waals surface area contributed by atoms with Crippen molar-refractivity contribution < 1.29 is 23.9 Å². The predicted molar refractivity (Wildman–Crippen MR) is 175 cm³/mol. The number of ether oxygens (including phenoxy) is 1. The molecule has 4 atom stereocenters. The summed E-state index contributed by atoms with van der Waals surface area (Å²) in [6, 6.07) is 21.1. The number of halogens is 3. The van der Waals surface area contributed by atoms with Gasteiger partial charge < -0.3 is 4.74 Å². The zero-order chi connectivity index (χ0) is 30.4. The molecule has 218 valence electrons. The molecule has 1 aliphatic heterocycles. The van der Waals surface area contributed by atoms with Gasteiger partial charge in [-0.25, -0.2) is 9.78 Å². The lowest BCUT2D eigenvalue weighted by Crippen LogP contribution is -2.34. The van der Waals surface area contributed by atoms with E-state index in [4.69, 9.17) is 9.72 Å². The number of hydrogen-bond donors (Lipinski definition) is 0. The van der Waals surface area contributed by atoms with Crippen LogP contribution in [-0.2, 0) is 14.3 Å². The number of imide groups is 1. The lowest BCUT2D eigenvalue weighted by Gasteiger charge is -2.29. The Bertz CT molecular complexity index is 1750. The summed E-state index contributed by atoms with van der Waals surface area (Å²) in [6.45, 7) is 1.51. The Balaban J connectivity index is 1.30. The molecular formula is C33H25Br3N2O5. The number of nitrogens with zero attached hydrogens (tertiary/aromatic N) is 2. The van der Waals surface area contributed by atoms with Crippen LogP contribution in [0.2, 0.25) is 0 Å². The van der Waals surface area contributed by atoms with Crippen LogP contribution in [0.1, 0.15) is 39.1 Å². The second-order valence-electron chi connectivity index (χ2n) is 10.8. The van der Waals surface area contributed by atoms with E-state index >= 15 is 0 Å². The molecule has 43 heavy (non-hydrogen) atoms. The van der Waals surface area contributed by atoms with E-state index in [0.29, 0.717) is 46.3 Å². The van der Waals surface area contributed by atoms with Crippen molar-refractivity contribution in [1.82, 2.24) is 4.98 Å². The Hall–Kier alpha value is -3.21. The van der Waals surface area contributed by atoms with Gasteiger partial charge in [0.2, 0.25) is 11.8 Å². The highest BCUT2D eigenvalue weighted by molar-refractivity contribution is 9.12. The standard InChI is InChI=1S/C33H25Br3N2O5/c1-17-11-20(34)12-22-25(33(42)43-16-29(39)19-5-3-2-4-6-19)15-28(37-30(17)22)18-7-9-21(10-8-18)38-31(40)23-13-26(35)27(36)14-24(23)32(38)41/h2-12,15,23-24,26-27H,13-14,16H2,1H3. The van der Waals surface area contributed by atoms with Crippen molar-refractivity contribution >= 4 is 87.9 Å². The topological polar surface area (TPSA) is 93.6 Å². The minimum atomic E-state index is -0.641. The fourth-order valence-corrected chi connectivity index (χ4v) is 7.63. The molecule has 6 rings (SSSR count). The van der Waals surface area contributed by atoms with Gasteiger partial charge in [-0.2, -0.15) is 0 Å². The Morgan fingerprint density at radius 2 is 1.53 bits per heavy atom. The van der Waals surface area contributed by atoms with Crippen LogP contribution >= 0.6 is 47.8 Å². The number of esters is 1. The number of ketones is 1. The number of alkyl halides is 2. The van der Waals surface area contributed by atoms with Crippen LogP contribution in [0.5, 0.6) is 0 Å². The van der Waals surface area contributed by atoms with Crippen LogP contribution in [0, 0.1) is 18.8 Å². The number of Topliss-reactive ketones (excluding diaryl/α,β-unsaturated/α-hetero) is 1. The van der Waals surface area contributed by atoms with Crippen LogP contribution in [-0.4, -0.2) is 44.8 Å². The lowest BCUT2D eigenvalue weighted by molar-refractivity contribution is -0.122. The smallest absolute Gasteiger partial charge is 0.339 e. The molecule has 2 heterocycles. The maximum atomic E-state index is 13.4. The first-order valence-corrected chi connectivity index (χ1v) is 16.4. The van der Waals surface area contributed by atoms with Crippen LogP contribution in [0.25, 0.3) is 22.2 Å². The number of amides is 2. The first-order valence-electron chi connectivity index (χ1n) is 13.7. The van der Waals surface area contributed by atoms with E-state index in [0.717, 1.165) is 10.0 Å². The zero-order valence-electron chi connectivity index (χ0n) is 22.9. The van der Waals surface area contributed by atoms with Crippen LogP contribution in [0.15, 0.2) is 77.3 Å². The number of benzene rings is 3. The highest BCUT2D eigenvalue weighted by atomic mass is 79.9. The summed E-state index contributed by atoms with van der Waals surface area (Å²) >= 11 is 10.8. The molecule has 1 aromatic heterocycles. The summed E-state index contributed by atoms with van der Waals surface area (Å²) in [5.41, 5.74) is 3.92. The van der Waals surface area contributed by atoms with Crippen molar-refractivity contribution in [2.24, 2.45) is 11.8 Å². The lowest BCUT2D eigenvalue weighted by atomic mass is 9.81. The number of rotatable bonds is 6. The third-order valence-corrected chi connectivity index (χ3v) is 11.2. The number of hydrogen-bond acceptors (Lipinski definition) is 6. The van der Waals surface area contributed by atoms with Crippen molar-refractivity contribution in [2.45, 2.75) is 29.4 Å². The van der Waals surface area contributed by atoms with E-state index in [1.165, 1.54) is 4.90 Å². The van der Waals surface area contributed by atoms with Gasteiger partial charge in [0.1, 0.15) is 0 Å². The third kappa shape index (κ3) is 5.72. The van der Waals surface area contributed by atoms with E-state index in [2.05, 4.69) is 47.8 Å². The van der Waals surface area contributed by atoms with Crippen molar-refractivity contribution in [3.63, 3.8) is 0 Å². The van der Waals surface area contributed by atoms with Gasteiger partial charge in [-0.15, -0.1) is 0 Å². The molecule has 10 heteroatoms. The summed E-state index contributed by atoms with van der Waals surface area (Å²) in [7, 11) is 0. The molecule has 1 saturated carbocycles. The molecule has 0 spiro atoms. The second kappa shape index (κ2) is 12.1. The summed E-state index contributed by atoms with van der Waals surface area (Å²) in [5, 5.41) is 0.593. The number of anilines is 1. The average Bonchev–Trinajstić information content (AvgIpc) is 3.24. The number of carbonyl (C=O) groups is 4. The van der Waals surface area contributed by atoms with Gasteiger partial charge >= 0.3 is 5.97 Å². The summed E-state index contributed by atoms with van der Waals surface area (Å²) < 4.78 is 6.26. The normalized spacial score (nSPS) is 21.6. The largest absolute Gasteiger partial charge is 0.454 e. The van der Waals surface area contributed by atoms with E-state index < -0.39 is 12.6 Å². The number of fused-ring (bicyclic) bond motifs is 2. The highest BCUT2D eigenvalue weighted by Gasteiger charge is 2.52. The predicted octanol–water partition coefficient (Wildman–Crippen LogP) is 7.44. The molecule has 0 bridgehead atoms. The molecule has 4 aromatic rings.